The van der Waals surface area contributed by atoms with E-state index in [9.17, 15) is 14.0 Å². The Hall–Kier alpha value is -2.23. The van der Waals surface area contributed by atoms with Crippen molar-refractivity contribution in [3.05, 3.63) is 59.2 Å². The van der Waals surface area contributed by atoms with Gasteiger partial charge in [-0.25, -0.2) is 9.18 Å². The lowest BCUT2D eigenvalue weighted by Gasteiger charge is -2.37. The van der Waals surface area contributed by atoms with Gasteiger partial charge in [0.1, 0.15) is 5.82 Å². The van der Waals surface area contributed by atoms with Crippen LogP contribution >= 0.6 is 25.0 Å². The summed E-state index contributed by atoms with van der Waals surface area (Å²) in [4.78, 5) is 28.4. The lowest BCUT2D eigenvalue weighted by atomic mass is 9.93. The lowest BCUT2D eigenvalue weighted by Crippen LogP contribution is -2.42. The number of ketones is 1. The maximum absolute atomic E-state index is 14.6. The van der Waals surface area contributed by atoms with E-state index in [1.165, 1.54) is 17.1 Å². The Kier molecular flexibility index (Phi) is 8.67. The van der Waals surface area contributed by atoms with Crippen LogP contribution < -0.4 is 0 Å². The van der Waals surface area contributed by atoms with E-state index < -0.39 is 12.0 Å². The normalized spacial score (nSPS) is 20.8. The molecule has 33 heavy (non-hydrogen) atoms. The number of nitrogens with zero attached hydrogens (tertiary/aromatic N) is 4. The minimum atomic E-state index is -0.592. The molecular formula is C23H28ClFN4O3S. The molecule has 2 heterocycles. The number of likely N-dealkylation sites (tertiary alicyclic amines) is 1. The fourth-order valence-electron chi connectivity index (χ4n) is 4.01. The van der Waals surface area contributed by atoms with Crippen LogP contribution in [0.1, 0.15) is 48.3 Å². The third-order valence-electron chi connectivity index (χ3n) is 5.86. The van der Waals surface area contributed by atoms with Crippen LogP contribution in [0.25, 0.3) is 0 Å². The first kappa shape index (κ1) is 25.4. The minimum Gasteiger partial charge on any atom is -0.461 e. The summed E-state index contributed by atoms with van der Waals surface area (Å²) in [5, 5.41) is 8.31. The van der Waals surface area contributed by atoms with Crippen molar-refractivity contribution in [2.75, 3.05) is 19.7 Å². The molecular weight excluding hydrogens is 467 g/mol. The molecule has 0 radical (unpaired) electrons. The van der Waals surface area contributed by atoms with Gasteiger partial charge in [0.05, 0.1) is 25.4 Å². The monoisotopic (exact) mass is 494 g/mol. The van der Waals surface area contributed by atoms with Gasteiger partial charge in [-0.3, -0.25) is 9.69 Å². The number of esters is 1. The first-order valence-corrected chi connectivity index (χ1v) is 11.5. The van der Waals surface area contributed by atoms with Crippen LogP contribution in [0, 0.1) is 11.7 Å². The molecule has 0 N–H and O–H groups in total. The molecule has 178 valence electrons. The van der Waals surface area contributed by atoms with Crippen LogP contribution in [0.5, 0.6) is 0 Å². The number of piperidine rings is 1. The van der Waals surface area contributed by atoms with Crippen molar-refractivity contribution >= 4 is 36.8 Å². The van der Waals surface area contributed by atoms with Crippen LogP contribution in [0.3, 0.4) is 0 Å². The number of carbonyl (C=O) groups excluding carboxylic acids is 2. The van der Waals surface area contributed by atoms with Gasteiger partial charge in [-0.2, -0.15) is 22.5 Å². The van der Waals surface area contributed by atoms with E-state index in [-0.39, 0.29) is 47.5 Å². The van der Waals surface area contributed by atoms with Crippen LogP contribution in [0.4, 0.5) is 4.39 Å². The highest BCUT2D eigenvalue weighted by Gasteiger charge is 2.40. The highest BCUT2D eigenvalue weighted by Crippen LogP contribution is 2.39. The molecule has 1 saturated heterocycles. The zero-order valence-corrected chi connectivity index (χ0v) is 20.1. The number of rotatable bonds is 8. The molecule has 2 aromatic rings. The minimum absolute atomic E-state index is 0. The summed E-state index contributed by atoms with van der Waals surface area (Å²) in [5.74, 6) is -0.735. The average molecular weight is 495 g/mol. The van der Waals surface area contributed by atoms with Gasteiger partial charge in [0, 0.05) is 29.8 Å². The highest BCUT2D eigenvalue weighted by molar-refractivity contribution is 7.81. The number of carbonyl (C=O) groups is 2. The molecule has 2 fully saturated rings. The third-order valence-corrected chi connectivity index (χ3v) is 6.45. The first-order chi connectivity index (χ1) is 15.5. The summed E-state index contributed by atoms with van der Waals surface area (Å²) in [5.41, 5.74) is 1.63. The van der Waals surface area contributed by atoms with Crippen LogP contribution in [-0.4, -0.2) is 56.6 Å². The second kappa shape index (κ2) is 11.3. The van der Waals surface area contributed by atoms with E-state index in [0.29, 0.717) is 25.2 Å². The summed E-state index contributed by atoms with van der Waals surface area (Å²) in [7, 11) is 0. The molecule has 2 aliphatic rings. The van der Waals surface area contributed by atoms with Gasteiger partial charge < -0.3 is 4.74 Å². The number of halogens is 2. The van der Waals surface area contributed by atoms with Crippen molar-refractivity contribution in [2.24, 2.45) is 5.92 Å². The number of hydrogen-bond acceptors (Lipinski definition) is 7. The van der Waals surface area contributed by atoms with Gasteiger partial charge in [-0.15, -0.1) is 17.5 Å². The molecule has 2 atom stereocenters. The Morgan fingerprint density at radius 1 is 1.30 bits per heavy atom. The van der Waals surface area contributed by atoms with E-state index in [1.54, 1.807) is 25.1 Å². The Bertz CT molecular complexity index is 1030. The van der Waals surface area contributed by atoms with Gasteiger partial charge >= 0.3 is 5.97 Å². The number of allylic oxidation sites excluding steroid dienone is 1. The average Bonchev–Trinajstić information content (AvgIpc) is 3.53. The molecule has 0 amide bonds. The molecule has 0 bridgehead atoms. The van der Waals surface area contributed by atoms with E-state index in [0.717, 1.165) is 24.8 Å². The molecule has 7 nitrogen and oxygen atoms in total. The maximum Gasteiger partial charge on any atom is 0.360 e. The van der Waals surface area contributed by atoms with Crippen LogP contribution in [0.15, 0.2) is 42.1 Å². The molecule has 1 aliphatic heterocycles. The molecule has 10 heteroatoms. The maximum atomic E-state index is 14.6. The van der Waals surface area contributed by atoms with Crippen molar-refractivity contribution < 1.29 is 18.7 Å². The predicted molar refractivity (Wildman–Crippen MR) is 127 cm³/mol. The van der Waals surface area contributed by atoms with Crippen molar-refractivity contribution in [3.8, 4) is 0 Å². The SMILES string of the molecule is CCOC(=O)c1cnn(C/C=C2/CN(C(C(=O)C3CC3)c3ccccc3F)CCC2S)n1.Cl. The summed E-state index contributed by atoms with van der Waals surface area (Å²) in [6.07, 6.45) is 5.86. The second-order valence-corrected chi connectivity index (χ2v) is 8.78. The second-order valence-electron chi connectivity index (χ2n) is 8.16. The standard InChI is InChI=1S/C23H27FN4O3S.ClH/c1-2-31-23(30)19-13-25-28(26-19)12-9-16-14-27(11-10-20(16)32)21(22(29)15-7-8-15)17-5-3-4-6-18(17)24;/h3-6,9,13,15,20-21,32H,2,7-8,10-12,14H2,1H3;1H/b16-9-;. The van der Waals surface area contributed by atoms with Crippen molar-refractivity contribution in [1.29, 1.82) is 0 Å². The van der Waals surface area contributed by atoms with Gasteiger partial charge in [0.25, 0.3) is 0 Å². The van der Waals surface area contributed by atoms with Gasteiger partial charge in [-0.1, -0.05) is 24.3 Å². The number of ether oxygens (including phenoxy) is 1. The summed E-state index contributed by atoms with van der Waals surface area (Å²) < 4.78 is 19.6. The molecule has 1 aromatic heterocycles. The number of hydrogen-bond donors (Lipinski definition) is 1. The summed E-state index contributed by atoms with van der Waals surface area (Å²) in [6.45, 7) is 3.54. The molecule has 1 aromatic carbocycles. The zero-order chi connectivity index (χ0) is 22.7. The Balaban J connectivity index is 0.00000306. The fourth-order valence-corrected chi connectivity index (χ4v) is 4.32. The Morgan fingerprint density at radius 2 is 2.06 bits per heavy atom. The quantitative estimate of drug-likeness (QED) is 0.343. The number of aromatic nitrogens is 3. The smallest absolute Gasteiger partial charge is 0.360 e. The van der Waals surface area contributed by atoms with E-state index in [2.05, 4.69) is 15.1 Å². The van der Waals surface area contributed by atoms with Crippen LogP contribution in [-0.2, 0) is 16.1 Å². The Labute approximate surface area is 204 Å². The highest BCUT2D eigenvalue weighted by atomic mass is 35.5. The van der Waals surface area contributed by atoms with E-state index in [1.807, 2.05) is 6.08 Å². The van der Waals surface area contributed by atoms with Crippen LogP contribution in [0.2, 0.25) is 0 Å². The molecule has 1 aliphatic carbocycles. The van der Waals surface area contributed by atoms with E-state index >= 15 is 0 Å². The first-order valence-electron chi connectivity index (χ1n) is 10.9. The van der Waals surface area contributed by atoms with Gasteiger partial charge in [0.2, 0.25) is 0 Å². The number of Topliss-reactive ketones (excluding diaryl/α,β-unsaturated/α-hetero) is 1. The van der Waals surface area contributed by atoms with Crippen molar-refractivity contribution in [2.45, 2.75) is 44.0 Å². The van der Waals surface area contributed by atoms with Crippen molar-refractivity contribution in [3.63, 3.8) is 0 Å². The molecule has 1 saturated carbocycles. The lowest BCUT2D eigenvalue weighted by molar-refractivity contribution is -0.126. The Morgan fingerprint density at radius 3 is 2.76 bits per heavy atom. The molecule has 4 rings (SSSR count). The third kappa shape index (κ3) is 6.02. The molecule has 0 spiro atoms. The fraction of sp³-hybridized carbons (Fsp3) is 0.478. The number of benzene rings is 1. The van der Waals surface area contributed by atoms with Crippen molar-refractivity contribution in [1.82, 2.24) is 19.9 Å². The summed E-state index contributed by atoms with van der Waals surface area (Å²) in [6, 6.07) is 5.95. The number of thiol groups is 1. The van der Waals surface area contributed by atoms with E-state index in [4.69, 9.17) is 17.4 Å². The van der Waals surface area contributed by atoms with Gasteiger partial charge in [-0.05, 0) is 37.8 Å². The molecule has 2 unspecified atom stereocenters. The predicted octanol–water partition coefficient (Wildman–Crippen LogP) is 3.67. The topological polar surface area (TPSA) is 77.3 Å². The largest absolute Gasteiger partial charge is 0.461 e. The van der Waals surface area contributed by atoms with Gasteiger partial charge in [0.15, 0.2) is 11.5 Å². The zero-order valence-electron chi connectivity index (χ0n) is 18.4. The summed E-state index contributed by atoms with van der Waals surface area (Å²) >= 11 is 4.71.